The molecule has 0 amide bonds. The van der Waals surface area contributed by atoms with Crippen molar-refractivity contribution < 1.29 is 8.42 Å². The minimum Gasteiger partial charge on any atom is -0.381 e. The van der Waals surface area contributed by atoms with E-state index in [1.165, 1.54) is 0 Å². The summed E-state index contributed by atoms with van der Waals surface area (Å²) < 4.78 is 23.2. The van der Waals surface area contributed by atoms with Crippen LogP contribution in [0.1, 0.15) is 13.8 Å². The number of hydrogen-bond donors (Lipinski definition) is 1. The van der Waals surface area contributed by atoms with Gasteiger partial charge in [0.2, 0.25) is 0 Å². The number of aromatic nitrogens is 1. The number of anilines is 1. The molecule has 1 aromatic heterocycles. The van der Waals surface area contributed by atoms with E-state index in [1.807, 2.05) is 31.2 Å². The Morgan fingerprint density at radius 2 is 2.11 bits per heavy atom. The Morgan fingerprint density at radius 1 is 1.32 bits per heavy atom. The predicted octanol–water partition coefficient (Wildman–Crippen LogP) is 2.47. The average Bonchev–Trinajstić information content (AvgIpc) is 2.38. The molecule has 0 aliphatic carbocycles. The summed E-state index contributed by atoms with van der Waals surface area (Å²) in [6.45, 7) is 3.55. The number of nitrogens with one attached hydrogen (secondary N) is 1. The van der Waals surface area contributed by atoms with E-state index in [4.69, 9.17) is 0 Å². The van der Waals surface area contributed by atoms with E-state index in [9.17, 15) is 8.42 Å². The fraction of sp³-hybridized carbons (Fsp3) is 0.357. The molecule has 0 fully saturated rings. The summed E-state index contributed by atoms with van der Waals surface area (Å²) in [6.07, 6.45) is 3.54. The van der Waals surface area contributed by atoms with Crippen molar-refractivity contribution in [3.8, 4) is 0 Å². The molecule has 0 saturated carbocycles. The van der Waals surface area contributed by atoms with E-state index in [0.29, 0.717) is 0 Å². The van der Waals surface area contributed by atoms with Crippen molar-refractivity contribution in [2.75, 3.05) is 16.8 Å². The van der Waals surface area contributed by atoms with Gasteiger partial charge in [-0.15, -0.1) is 0 Å². The number of sulfone groups is 1. The van der Waals surface area contributed by atoms with Crippen molar-refractivity contribution in [3.05, 3.63) is 36.7 Å². The molecule has 0 saturated heterocycles. The first-order chi connectivity index (χ1) is 9.02. The van der Waals surface area contributed by atoms with Gasteiger partial charge in [0, 0.05) is 35.3 Å². The molecule has 0 bridgehead atoms. The third-order valence-electron chi connectivity index (χ3n) is 3.03. The highest BCUT2D eigenvalue weighted by atomic mass is 32.2. The van der Waals surface area contributed by atoms with Crippen LogP contribution in [0, 0.1) is 0 Å². The number of rotatable bonds is 5. The Kier molecular flexibility index (Phi) is 4.04. The molecule has 1 aromatic carbocycles. The molecule has 102 valence electrons. The van der Waals surface area contributed by atoms with Crippen molar-refractivity contribution in [1.29, 1.82) is 0 Å². The van der Waals surface area contributed by atoms with E-state index >= 15 is 0 Å². The Bertz CT molecular complexity index is 663. The first kappa shape index (κ1) is 13.8. The molecule has 19 heavy (non-hydrogen) atoms. The molecular formula is C14H18N2O2S. The normalized spacial score (nSPS) is 13.4. The summed E-state index contributed by atoms with van der Waals surface area (Å²) >= 11 is 0. The fourth-order valence-electron chi connectivity index (χ4n) is 2.05. The van der Waals surface area contributed by atoms with Crippen LogP contribution in [0.25, 0.3) is 10.8 Å². The summed E-state index contributed by atoms with van der Waals surface area (Å²) in [5.74, 6) is 0.316. The quantitative estimate of drug-likeness (QED) is 0.912. The summed E-state index contributed by atoms with van der Waals surface area (Å²) in [5, 5.41) is 5.35. The highest BCUT2D eigenvalue weighted by Gasteiger charge is 2.14. The molecule has 1 N–H and O–H groups in total. The molecule has 1 unspecified atom stereocenters. The van der Waals surface area contributed by atoms with Crippen LogP contribution in [-0.2, 0) is 9.84 Å². The third kappa shape index (κ3) is 3.44. The maximum absolute atomic E-state index is 11.6. The van der Waals surface area contributed by atoms with Gasteiger partial charge in [0.05, 0.1) is 5.75 Å². The van der Waals surface area contributed by atoms with Gasteiger partial charge in [0.15, 0.2) is 9.84 Å². The lowest BCUT2D eigenvalue weighted by Crippen LogP contribution is -2.26. The van der Waals surface area contributed by atoms with E-state index in [1.54, 1.807) is 19.3 Å². The monoisotopic (exact) mass is 278 g/mol. The van der Waals surface area contributed by atoms with Gasteiger partial charge in [-0.1, -0.05) is 19.1 Å². The van der Waals surface area contributed by atoms with Crippen molar-refractivity contribution in [2.24, 2.45) is 0 Å². The van der Waals surface area contributed by atoms with Gasteiger partial charge in [0.25, 0.3) is 0 Å². The second-order valence-corrected chi connectivity index (χ2v) is 7.04. The molecule has 0 spiro atoms. The SMILES string of the molecule is CCS(=O)(=O)CC(C)Nc1cccc2ccncc12. The maximum atomic E-state index is 11.6. The molecule has 1 atom stereocenters. The van der Waals surface area contributed by atoms with Crippen molar-refractivity contribution in [3.63, 3.8) is 0 Å². The molecule has 2 rings (SSSR count). The second kappa shape index (κ2) is 5.57. The number of pyridine rings is 1. The molecule has 2 aromatic rings. The highest BCUT2D eigenvalue weighted by Crippen LogP contribution is 2.22. The van der Waals surface area contributed by atoms with Crippen LogP contribution >= 0.6 is 0 Å². The van der Waals surface area contributed by atoms with Crippen LogP contribution in [0.15, 0.2) is 36.7 Å². The molecule has 0 radical (unpaired) electrons. The summed E-state index contributed by atoms with van der Waals surface area (Å²) in [6, 6.07) is 7.71. The van der Waals surface area contributed by atoms with Crippen molar-refractivity contribution in [2.45, 2.75) is 19.9 Å². The predicted molar refractivity (Wildman–Crippen MR) is 79.2 cm³/mol. The smallest absolute Gasteiger partial charge is 0.152 e. The van der Waals surface area contributed by atoms with Gasteiger partial charge in [-0.2, -0.15) is 0 Å². The van der Waals surface area contributed by atoms with Crippen LogP contribution in [-0.4, -0.2) is 30.9 Å². The van der Waals surface area contributed by atoms with E-state index in [-0.39, 0.29) is 17.5 Å². The lowest BCUT2D eigenvalue weighted by Gasteiger charge is -2.16. The highest BCUT2D eigenvalue weighted by molar-refractivity contribution is 7.91. The number of benzene rings is 1. The van der Waals surface area contributed by atoms with Gasteiger partial charge >= 0.3 is 0 Å². The van der Waals surface area contributed by atoms with E-state index in [2.05, 4.69) is 10.3 Å². The van der Waals surface area contributed by atoms with Gasteiger partial charge < -0.3 is 5.32 Å². The Hall–Kier alpha value is -1.62. The molecule has 4 nitrogen and oxygen atoms in total. The van der Waals surface area contributed by atoms with Crippen LogP contribution in [0.3, 0.4) is 0 Å². The summed E-state index contributed by atoms with van der Waals surface area (Å²) in [5.41, 5.74) is 0.921. The molecule has 0 aliphatic heterocycles. The average molecular weight is 278 g/mol. The second-order valence-electron chi connectivity index (χ2n) is 4.65. The van der Waals surface area contributed by atoms with Crippen LogP contribution in [0.4, 0.5) is 5.69 Å². The van der Waals surface area contributed by atoms with Crippen molar-refractivity contribution >= 4 is 26.3 Å². The zero-order valence-electron chi connectivity index (χ0n) is 11.1. The zero-order valence-corrected chi connectivity index (χ0v) is 11.9. The third-order valence-corrected chi connectivity index (χ3v) is 4.92. The summed E-state index contributed by atoms with van der Waals surface area (Å²) in [7, 11) is -2.97. The van der Waals surface area contributed by atoms with Gasteiger partial charge in [0.1, 0.15) is 0 Å². The Morgan fingerprint density at radius 3 is 2.84 bits per heavy atom. The molecule has 0 aliphatic rings. The Balaban J connectivity index is 2.22. The first-order valence-corrected chi connectivity index (χ1v) is 8.13. The van der Waals surface area contributed by atoms with Crippen LogP contribution in [0.5, 0.6) is 0 Å². The topological polar surface area (TPSA) is 59.1 Å². The largest absolute Gasteiger partial charge is 0.381 e. The maximum Gasteiger partial charge on any atom is 0.152 e. The number of nitrogens with zero attached hydrogens (tertiary/aromatic N) is 1. The summed E-state index contributed by atoms with van der Waals surface area (Å²) in [4.78, 5) is 4.11. The fourth-order valence-corrected chi connectivity index (χ4v) is 3.13. The minimum atomic E-state index is -2.97. The number of hydrogen-bond acceptors (Lipinski definition) is 4. The van der Waals surface area contributed by atoms with Gasteiger partial charge in [-0.3, -0.25) is 4.98 Å². The van der Waals surface area contributed by atoms with E-state index in [0.717, 1.165) is 16.5 Å². The first-order valence-electron chi connectivity index (χ1n) is 6.31. The molecular weight excluding hydrogens is 260 g/mol. The van der Waals surface area contributed by atoms with Gasteiger partial charge in [-0.25, -0.2) is 8.42 Å². The standard InChI is InChI=1S/C14H18N2O2S/c1-3-19(17,18)10-11(2)16-14-6-4-5-12-7-8-15-9-13(12)14/h4-9,11,16H,3,10H2,1-2H3. The van der Waals surface area contributed by atoms with Crippen LogP contribution in [0.2, 0.25) is 0 Å². The number of fused-ring (bicyclic) bond motifs is 1. The zero-order chi connectivity index (χ0) is 13.9. The Labute approximate surface area is 113 Å². The lowest BCUT2D eigenvalue weighted by atomic mass is 10.1. The minimum absolute atomic E-state index is 0.129. The van der Waals surface area contributed by atoms with Crippen molar-refractivity contribution in [1.82, 2.24) is 4.98 Å². The molecule has 1 heterocycles. The molecule has 5 heteroatoms. The lowest BCUT2D eigenvalue weighted by molar-refractivity contribution is 0.593. The van der Waals surface area contributed by atoms with E-state index < -0.39 is 9.84 Å². The van der Waals surface area contributed by atoms with Crippen LogP contribution < -0.4 is 5.32 Å². The van der Waals surface area contributed by atoms with Gasteiger partial charge in [-0.05, 0) is 24.4 Å².